The van der Waals surface area contributed by atoms with Gasteiger partial charge in [-0.2, -0.15) is 0 Å². The summed E-state index contributed by atoms with van der Waals surface area (Å²) in [5.74, 6) is -1.15. The van der Waals surface area contributed by atoms with E-state index in [1.807, 2.05) is 77.1 Å². The summed E-state index contributed by atoms with van der Waals surface area (Å²) in [6, 6.07) is 27.4. The van der Waals surface area contributed by atoms with Crippen LogP contribution in [-0.2, 0) is 32.6 Å². The van der Waals surface area contributed by atoms with E-state index in [0.29, 0.717) is 11.3 Å². The second-order valence-corrected chi connectivity index (χ2v) is 14.0. The molecule has 4 aromatic carbocycles. The molecule has 7 nitrogen and oxygen atoms in total. The minimum atomic E-state index is -4.20. The lowest BCUT2D eigenvalue weighted by molar-refractivity contribution is -0.140. The predicted octanol–water partition coefficient (Wildman–Crippen LogP) is 6.62. The van der Waals surface area contributed by atoms with Crippen LogP contribution in [0.15, 0.2) is 108 Å². The molecule has 4 rings (SSSR count). The number of carbonyl (C=O) groups excluding carboxylic acids is 2. The van der Waals surface area contributed by atoms with E-state index < -0.39 is 34.3 Å². The SMILES string of the molecule is Cc1ccc(S(=O)(=O)N(CC(=O)N(Cc2ccc(F)cc2)C(Cc2ccccc2)C(=O)NC(C)C)c2ccc(C(C)C)cc2)cc1. The molecule has 242 valence electrons. The molecular weight excluding hydrogens is 601 g/mol. The first-order valence-electron chi connectivity index (χ1n) is 15.4. The van der Waals surface area contributed by atoms with Gasteiger partial charge in [0.15, 0.2) is 0 Å². The average molecular weight is 644 g/mol. The van der Waals surface area contributed by atoms with Gasteiger partial charge in [-0.05, 0) is 79.8 Å². The van der Waals surface area contributed by atoms with Gasteiger partial charge in [0.05, 0.1) is 10.6 Å². The number of nitrogens with zero attached hydrogens (tertiary/aromatic N) is 2. The van der Waals surface area contributed by atoms with Crippen LogP contribution in [0.2, 0.25) is 0 Å². The molecule has 1 atom stereocenters. The second-order valence-electron chi connectivity index (χ2n) is 12.1. The monoisotopic (exact) mass is 643 g/mol. The van der Waals surface area contributed by atoms with Crippen molar-refractivity contribution in [2.75, 3.05) is 10.8 Å². The lowest BCUT2D eigenvalue weighted by Gasteiger charge is -2.34. The molecule has 0 bridgehead atoms. The fraction of sp³-hybridized carbons (Fsp3) is 0.297. The molecule has 0 aromatic heterocycles. The van der Waals surface area contributed by atoms with Gasteiger partial charge in [-0.3, -0.25) is 13.9 Å². The zero-order valence-corrected chi connectivity index (χ0v) is 27.8. The van der Waals surface area contributed by atoms with Crippen molar-refractivity contribution in [3.63, 3.8) is 0 Å². The summed E-state index contributed by atoms with van der Waals surface area (Å²) in [7, 11) is -4.20. The number of sulfonamides is 1. The number of hydrogen-bond donors (Lipinski definition) is 1. The Bertz CT molecular complexity index is 1710. The Kier molecular flexibility index (Phi) is 11.4. The Morgan fingerprint density at radius 2 is 1.39 bits per heavy atom. The van der Waals surface area contributed by atoms with Gasteiger partial charge in [-0.15, -0.1) is 0 Å². The summed E-state index contributed by atoms with van der Waals surface area (Å²) in [6.45, 7) is 9.03. The number of rotatable bonds is 13. The topological polar surface area (TPSA) is 86.8 Å². The summed E-state index contributed by atoms with van der Waals surface area (Å²) in [6.07, 6.45) is 0.195. The van der Waals surface area contributed by atoms with Crippen LogP contribution in [0.5, 0.6) is 0 Å². The molecule has 0 saturated heterocycles. The first kappa shape index (κ1) is 34.4. The van der Waals surface area contributed by atoms with Gasteiger partial charge in [0.1, 0.15) is 18.4 Å². The third-order valence-electron chi connectivity index (χ3n) is 7.70. The van der Waals surface area contributed by atoms with E-state index >= 15 is 0 Å². The Balaban J connectivity index is 1.81. The van der Waals surface area contributed by atoms with E-state index in [0.717, 1.165) is 21.0 Å². The number of anilines is 1. The van der Waals surface area contributed by atoms with E-state index in [1.54, 1.807) is 36.4 Å². The standard InChI is InChI=1S/C37H42FN3O4S/c1-26(2)31-15-19-33(20-16-31)41(46(44,45)34-21-11-28(5)12-22-34)25-36(42)40(24-30-13-17-32(38)18-14-30)35(37(43)39-27(3)4)23-29-9-7-6-8-10-29/h6-22,26-27,35H,23-25H2,1-5H3,(H,39,43). The average Bonchev–Trinajstić information content (AvgIpc) is 3.02. The summed E-state index contributed by atoms with van der Waals surface area (Å²) in [5.41, 5.74) is 3.67. The van der Waals surface area contributed by atoms with Crippen molar-refractivity contribution in [3.8, 4) is 0 Å². The predicted molar refractivity (Wildman–Crippen MR) is 180 cm³/mol. The van der Waals surface area contributed by atoms with Crippen molar-refractivity contribution >= 4 is 27.5 Å². The normalized spacial score (nSPS) is 12.2. The number of benzene rings is 4. The van der Waals surface area contributed by atoms with Crippen molar-refractivity contribution in [1.82, 2.24) is 10.2 Å². The molecule has 0 heterocycles. The highest BCUT2D eigenvalue weighted by molar-refractivity contribution is 7.92. The number of carbonyl (C=O) groups is 2. The van der Waals surface area contributed by atoms with E-state index in [1.165, 1.54) is 29.2 Å². The fourth-order valence-corrected chi connectivity index (χ4v) is 6.53. The summed E-state index contributed by atoms with van der Waals surface area (Å²) in [4.78, 5) is 29.7. The van der Waals surface area contributed by atoms with Crippen molar-refractivity contribution in [1.29, 1.82) is 0 Å². The smallest absolute Gasteiger partial charge is 0.264 e. The molecule has 1 unspecified atom stereocenters. The molecule has 0 aliphatic carbocycles. The largest absolute Gasteiger partial charge is 0.352 e. The molecule has 0 aliphatic rings. The Morgan fingerprint density at radius 1 is 0.783 bits per heavy atom. The van der Waals surface area contributed by atoms with E-state index in [9.17, 15) is 22.4 Å². The lowest BCUT2D eigenvalue weighted by Crippen LogP contribution is -2.54. The van der Waals surface area contributed by atoms with E-state index in [-0.39, 0.29) is 35.7 Å². The van der Waals surface area contributed by atoms with Gasteiger partial charge >= 0.3 is 0 Å². The number of nitrogens with one attached hydrogen (secondary N) is 1. The minimum absolute atomic E-state index is 0.0349. The molecule has 4 aromatic rings. The molecule has 1 N–H and O–H groups in total. The van der Waals surface area contributed by atoms with Crippen molar-refractivity contribution in [2.45, 2.75) is 70.5 Å². The molecular formula is C37H42FN3O4S. The molecule has 9 heteroatoms. The Hall–Kier alpha value is -4.50. The zero-order chi connectivity index (χ0) is 33.4. The van der Waals surface area contributed by atoms with Gasteiger partial charge in [0, 0.05) is 19.0 Å². The summed E-state index contributed by atoms with van der Waals surface area (Å²) in [5, 5.41) is 2.93. The van der Waals surface area contributed by atoms with Gasteiger partial charge in [-0.25, -0.2) is 12.8 Å². The first-order chi connectivity index (χ1) is 21.8. The number of aryl methyl sites for hydroxylation is 1. The molecule has 0 spiro atoms. The van der Waals surface area contributed by atoms with Crippen LogP contribution in [0.1, 0.15) is 55.9 Å². The van der Waals surface area contributed by atoms with Crippen LogP contribution in [0.25, 0.3) is 0 Å². The minimum Gasteiger partial charge on any atom is -0.352 e. The van der Waals surface area contributed by atoms with Gasteiger partial charge in [-0.1, -0.05) is 86.1 Å². The highest BCUT2D eigenvalue weighted by atomic mass is 32.2. The molecule has 0 fully saturated rings. The van der Waals surface area contributed by atoms with Crippen LogP contribution in [0.3, 0.4) is 0 Å². The maximum absolute atomic E-state index is 14.5. The molecule has 46 heavy (non-hydrogen) atoms. The molecule has 0 saturated carbocycles. The van der Waals surface area contributed by atoms with E-state index in [2.05, 4.69) is 5.32 Å². The van der Waals surface area contributed by atoms with Crippen LogP contribution in [0, 0.1) is 12.7 Å². The van der Waals surface area contributed by atoms with Gasteiger partial charge in [0.25, 0.3) is 10.0 Å². The van der Waals surface area contributed by atoms with Gasteiger partial charge in [0.2, 0.25) is 11.8 Å². The third kappa shape index (κ3) is 8.81. The Morgan fingerprint density at radius 3 is 1.96 bits per heavy atom. The van der Waals surface area contributed by atoms with E-state index in [4.69, 9.17) is 0 Å². The first-order valence-corrected chi connectivity index (χ1v) is 16.9. The highest BCUT2D eigenvalue weighted by Gasteiger charge is 2.35. The number of amides is 2. The zero-order valence-electron chi connectivity index (χ0n) is 27.0. The molecule has 0 radical (unpaired) electrons. The quantitative estimate of drug-likeness (QED) is 0.178. The van der Waals surface area contributed by atoms with Crippen LogP contribution < -0.4 is 9.62 Å². The van der Waals surface area contributed by atoms with Crippen LogP contribution >= 0.6 is 0 Å². The lowest BCUT2D eigenvalue weighted by atomic mass is 10.0. The van der Waals surface area contributed by atoms with Crippen molar-refractivity contribution in [2.24, 2.45) is 0 Å². The summed E-state index contributed by atoms with van der Waals surface area (Å²) >= 11 is 0. The summed E-state index contributed by atoms with van der Waals surface area (Å²) < 4.78 is 43.3. The van der Waals surface area contributed by atoms with Crippen molar-refractivity contribution < 1.29 is 22.4 Å². The highest BCUT2D eigenvalue weighted by Crippen LogP contribution is 2.27. The molecule has 2 amide bonds. The van der Waals surface area contributed by atoms with Crippen LogP contribution in [0.4, 0.5) is 10.1 Å². The number of hydrogen-bond acceptors (Lipinski definition) is 4. The Labute approximate surface area is 272 Å². The fourth-order valence-electron chi connectivity index (χ4n) is 5.11. The van der Waals surface area contributed by atoms with Gasteiger partial charge < -0.3 is 10.2 Å². The van der Waals surface area contributed by atoms with Crippen molar-refractivity contribution in [3.05, 3.63) is 131 Å². The second kappa shape index (κ2) is 15.2. The molecule has 0 aliphatic heterocycles. The maximum atomic E-state index is 14.5. The number of halogens is 1. The van der Waals surface area contributed by atoms with Crippen LogP contribution in [-0.4, -0.2) is 43.8 Å². The third-order valence-corrected chi connectivity index (χ3v) is 9.49. The maximum Gasteiger partial charge on any atom is 0.264 e.